The van der Waals surface area contributed by atoms with Gasteiger partial charge in [0.1, 0.15) is 0 Å². The Morgan fingerprint density at radius 3 is 2.71 bits per heavy atom. The molecule has 2 aliphatic carbocycles. The first-order valence-electron chi connectivity index (χ1n) is 8.72. The second-order valence-corrected chi connectivity index (χ2v) is 6.93. The third-order valence-corrected chi connectivity index (χ3v) is 5.03. The lowest BCUT2D eigenvalue weighted by molar-refractivity contribution is 0.247. The summed E-state index contributed by atoms with van der Waals surface area (Å²) in [7, 11) is 0. The Morgan fingerprint density at radius 1 is 1.25 bits per heavy atom. The maximum absolute atomic E-state index is 8.51. The molecular formula is C19H23N5. The third-order valence-electron chi connectivity index (χ3n) is 5.03. The number of nitrogens with zero attached hydrogens (tertiary/aromatic N) is 2. The summed E-state index contributed by atoms with van der Waals surface area (Å²) < 4.78 is 0. The van der Waals surface area contributed by atoms with Crippen LogP contribution < -0.4 is 11.1 Å². The third kappa shape index (κ3) is 3.04. The highest BCUT2D eigenvalue weighted by atomic mass is 14.9. The minimum Gasteiger partial charge on any atom is -0.388 e. The average Bonchev–Trinajstić information content (AvgIpc) is 3.41. The van der Waals surface area contributed by atoms with Gasteiger partial charge in [0.15, 0.2) is 0 Å². The Bertz CT molecular complexity index is 787. The molecule has 4 rings (SSSR count). The standard InChI is InChI=1S/C19H23N5/c20-9-12-7-14(8-12)22-10-15(19(21)13-5-6-13)18-11-23-16-3-1-2-4-17(16)24-18/h1-4,10-14,21-22H,5-9,20H2/b15-10-,21-19?. The van der Waals surface area contributed by atoms with Gasteiger partial charge in [0.2, 0.25) is 0 Å². The quantitative estimate of drug-likeness (QED) is 0.714. The van der Waals surface area contributed by atoms with Crippen molar-refractivity contribution < 1.29 is 0 Å². The van der Waals surface area contributed by atoms with Crippen LogP contribution in [0.25, 0.3) is 16.6 Å². The first kappa shape index (κ1) is 15.3. The number of hydrogen-bond donors (Lipinski definition) is 3. The number of allylic oxidation sites excluding steroid dienone is 1. The Labute approximate surface area is 141 Å². The predicted octanol–water partition coefficient (Wildman–Crippen LogP) is 2.73. The van der Waals surface area contributed by atoms with Crippen molar-refractivity contribution in [1.29, 1.82) is 5.41 Å². The molecule has 5 heteroatoms. The van der Waals surface area contributed by atoms with Crippen molar-refractivity contribution in [2.75, 3.05) is 6.54 Å². The van der Waals surface area contributed by atoms with Crippen molar-refractivity contribution in [1.82, 2.24) is 15.3 Å². The van der Waals surface area contributed by atoms with E-state index in [4.69, 9.17) is 16.1 Å². The van der Waals surface area contributed by atoms with E-state index >= 15 is 0 Å². The summed E-state index contributed by atoms with van der Waals surface area (Å²) in [6.07, 6.45) is 8.21. The zero-order chi connectivity index (χ0) is 16.5. The molecule has 4 N–H and O–H groups in total. The van der Waals surface area contributed by atoms with Gasteiger partial charge in [-0.1, -0.05) is 12.1 Å². The molecule has 0 aliphatic heterocycles. The lowest BCUT2D eigenvalue weighted by Gasteiger charge is -2.34. The van der Waals surface area contributed by atoms with Crippen LogP contribution in [-0.2, 0) is 0 Å². The number of fused-ring (bicyclic) bond motifs is 1. The van der Waals surface area contributed by atoms with Crippen LogP contribution in [0.5, 0.6) is 0 Å². The number of benzene rings is 1. The molecule has 0 atom stereocenters. The van der Waals surface area contributed by atoms with E-state index in [9.17, 15) is 0 Å². The Hall–Kier alpha value is -2.27. The number of nitrogens with two attached hydrogens (primary N) is 1. The number of aromatic nitrogens is 2. The smallest absolute Gasteiger partial charge is 0.0925 e. The minimum atomic E-state index is 0.379. The number of para-hydroxylation sites is 2. The summed E-state index contributed by atoms with van der Waals surface area (Å²) in [5.74, 6) is 1.02. The van der Waals surface area contributed by atoms with Gasteiger partial charge in [-0.2, -0.15) is 0 Å². The van der Waals surface area contributed by atoms with Crippen LogP contribution in [0.4, 0.5) is 0 Å². The molecule has 2 aromatic rings. The van der Waals surface area contributed by atoms with Crippen molar-refractivity contribution in [3.63, 3.8) is 0 Å². The average molecular weight is 321 g/mol. The van der Waals surface area contributed by atoms with Crippen molar-refractivity contribution in [3.05, 3.63) is 42.4 Å². The van der Waals surface area contributed by atoms with Crippen molar-refractivity contribution in [3.8, 4) is 0 Å². The Kier molecular flexibility index (Phi) is 4.02. The van der Waals surface area contributed by atoms with Crippen LogP contribution in [0.1, 0.15) is 31.4 Å². The normalized spacial score (nSPS) is 23.8. The topological polar surface area (TPSA) is 87.7 Å². The van der Waals surface area contributed by atoms with Gasteiger partial charge in [-0.05, 0) is 50.3 Å². The van der Waals surface area contributed by atoms with Crippen LogP contribution in [-0.4, -0.2) is 28.3 Å². The van der Waals surface area contributed by atoms with E-state index in [1.54, 1.807) is 6.20 Å². The molecule has 2 aliphatic rings. The van der Waals surface area contributed by atoms with E-state index in [1.165, 1.54) is 0 Å². The van der Waals surface area contributed by atoms with E-state index in [1.807, 2.05) is 30.5 Å². The van der Waals surface area contributed by atoms with Crippen LogP contribution in [0, 0.1) is 17.2 Å². The number of rotatable bonds is 6. The number of hydrogen-bond acceptors (Lipinski definition) is 5. The zero-order valence-corrected chi connectivity index (χ0v) is 13.7. The van der Waals surface area contributed by atoms with Gasteiger partial charge in [0.05, 0.1) is 22.9 Å². The minimum absolute atomic E-state index is 0.379. The van der Waals surface area contributed by atoms with Gasteiger partial charge < -0.3 is 16.5 Å². The second kappa shape index (κ2) is 6.32. The van der Waals surface area contributed by atoms with Gasteiger partial charge in [0, 0.05) is 29.4 Å². The first-order valence-corrected chi connectivity index (χ1v) is 8.72. The van der Waals surface area contributed by atoms with Crippen molar-refractivity contribution in [2.24, 2.45) is 17.6 Å². The molecule has 0 bridgehead atoms. The van der Waals surface area contributed by atoms with E-state index in [0.717, 1.165) is 54.5 Å². The first-order chi connectivity index (χ1) is 11.7. The summed E-state index contributed by atoms with van der Waals surface area (Å²) >= 11 is 0. The molecule has 2 saturated carbocycles. The zero-order valence-electron chi connectivity index (χ0n) is 13.7. The summed E-state index contributed by atoms with van der Waals surface area (Å²) in [5, 5.41) is 12.0. The Morgan fingerprint density at radius 2 is 2.00 bits per heavy atom. The van der Waals surface area contributed by atoms with Crippen LogP contribution in [0.2, 0.25) is 0 Å². The highest BCUT2D eigenvalue weighted by Gasteiger charge is 2.31. The van der Waals surface area contributed by atoms with Gasteiger partial charge in [-0.3, -0.25) is 4.98 Å². The van der Waals surface area contributed by atoms with Gasteiger partial charge in [-0.15, -0.1) is 0 Å². The Balaban J connectivity index is 1.60. The van der Waals surface area contributed by atoms with Crippen LogP contribution in [0.15, 0.2) is 36.7 Å². The van der Waals surface area contributed by atoms with Gasteiger partial charge in [0.25, 0.3) is 0 Å². The SMILES string of the molecule is N=C(/C(=C\NC1CC(CN)C1)c1cnc2ccccc2n1)C1CC1. The van der Waals surface area contributed by atoms with Crippen molar-refractivity contribution in [2.45, 2.75) is 31.7 Å². The molecule has 0 saturated heterocycles. The summed E-state index contributed by atoms with van der Waals surface area (Å²) in [6.45, 7) is 0.767. The molecule has 0 amide bonds. The summed E-state index contributed by atoms with van der Waals surface area (Å²) in [5.41, 5.74) is 9.80. The molecule has 5 nitrogen and oxygen atoms in total. The maximum atomic E-state index is 8.51. The fourth-order valence-corrected chi connectivity index (χ4v) is 3.23. The lowest BCUT2D eigenvalue weighted by atomic mass is 9.80. The molecule has 0 spiro atoms. The molecule has 124 valence electrons. The lowest BCUT2D eigenvalue weighted by Crippen LogP contribution is -2.41. The fourth-order valence-electron chi connectivity index (χ4n) is 3.23. The molecule has 24 heavy (non-hydrogen) atoms. The van der Waals surface area contributed by atoms with Gasteiger partial charge >= 0.3 is 0 Å². The molecule has 1 aromatic heterocycles. The number of nitrogens with one attached hydrogen (secondary N) is 2. The predicted molar refractivity (Wildman–Crippen MR) is 96.7 cm³/mol. The second-order valence-electron chi connectivity index (χ2n) is 6.93. The van der Waals surface area contributed by atoms with E-state index in [2.05, 4.69) is 10.3 Å². The molecule has 2 fully saturated rings. The van der Waals surface area contributed by atoms with E-state index in [-0.39, 0.29) is 0 Å². The molecule has 0 radical (unpaired) electrons. The molecule has 0 unspecified atom stereocenters. The highest BCUT2D eigenvalue weighted by molar-refractivity contribution is 6.23. The van der Waals surface area contributed by atoms with Gasteiger partial charge in [-0.25, -0.2) is 4.98 Å². The highest BCUT2D eigenvalue weighted by Crippen LogP contribution is 2.35. The molecular weight excluding hydrogens is 298 g/mol. The monoisotopic (exact) mass is 321 g/mol. The van der Waals surface area contributed by atoms with E-state index < -0.39 is 0 Å². The largest absolute Gasteiger partial charge is 0.388 e. The van der Waals surface area contributed by atoms with E-state index in [0.29, 0.717) is 23.6 Å². The maximum Gasteiger partial charge on any atom is 0.0925 e. The van der Waals surface area contributed by atoms with Crippen molar-refractivity contribution >= 4 is 22.3 Å². The molecule has 1 aromatic carbocycles. The van der Waals surface area contributed by atoms with Crippen LogP contribution in [0.3, 0.4) is 0 Å². The van der Waals surface area contributed by atoms with Crippen LogP contribution >= 0.6 is 0 Å². The fraction of sp³-hybridized carbons (Fsp3) is 0.421. The summed E-state index contributed by atoms with van der Waals surface area (Å²) in [6, 6.07) is 8.33. The summed E-state index contributed by atoms with van der Waals surface area (Å²) in [4.78, 5) is 9.23. The molecule has 1 heterocycles.